The quantitative estimate of drug-likeness (QED) is 0.858. The summed E-state index contributed by atoms with van der Waals surface area (Å²) < 4.78 is 5.77. The first kappa shape index (κ1) is 15.0. The first-order valence-corrected chi connectivity index (χ1v) is 7.28. The van der Waals surface area contributed by atoms with Crippen molar-refractivity contribution in [1.29, 1.82) is 0 Å². The van der Waals surface area contributed by atoms with Gasteiger partial charge >= 0.3 is 6.03 Å². The molecule has 0 radical (unpaired) electrons. The maximum atomic E-state index is 11.8. The number of carbonyl (C=O) groups is 1. The van der Waals surface area contributed by atoms with E-state index in [1.807, 2.05) is 29.2 Å². The molecule has 1 aliphatic rings. The van der Waals surface area contributed by atoms with Gasteiger partial charge in [0, 0.05) is 32.2 Å². The van der Waals surface area contributed by atoms with Crippen LogP contribution in [0.1, 0.15) is 12.8 Å². The summed E-state index contributed by atoms with van der Waals surface area (Å²) in [5, 5.41) is 0.716. The molecular formula is C15H21ClN2O2. The van der Waals surface area contributed by atoms with Crippen molar-refractivity contribution in [2.75, 3.05) is 33.8 Å². The van der Waals surface area contributed by atoms with Crippen LogP contribution in [0.5, 0.6) is 5.75 Å². The maximum Gasteiger partial charge on any atom is 0.319 e. The van der Waals surface area contributed by atoms with E-state index in [1.165, 1.54) is 0 Å². The largest absolute Gasteiger partial charge is 0.493 e. The van der Waals surface area contributed by atoms with E-state index in [4.69, 9.17) is 16.3 Å². The number of amides is 2. The van der Waals surface area contributed by atoms with Crippen LogP contribution in [0.3, 0.4) is 0 Å². The molecule has 0 atom stereocenters. The Hall–Kier alpha value is -1.42. The van der Waals surface area contributed by atoms with Crippen LogP contribution in [0, 0.1) is 5.92 Å². The number of rotatable bonds is 3. The standard InChI is InChI=1S/C15H21ClN2O2/c1-17(2)15(19)18-9-7-12(8-10-18)11-20-14-5-3-13(16)4-6-14/h3-6,12H,7-11H2,1-2H3. The summed E-state index contributed by atoms with van der Waals surface area (Å²) in [5.41, 5.74) is 0. The average molecular weight is 297 g/mol. The van der Waals surface area contributed by atoms with Crippen LogP contribution in [0.25, 0.3) is 0 Å². The molecule has 20 heavy (non-hydrogen) atoms. The normalized spacial score (nSPS) is 16.1. The number of ether oxygens (including phenoxy) is 1. The zero-order valence-corrected chi connectivity index (χ0v) is 12.8. The summed E-state index contributed by atoms with van der Waals surface area (Å²) in [7, 11) is 3.58. The van der Waals surface area contributed by atoms with Crippen molar-refractivity contribution in [3.63, 3.8) is 0 Å². The Morgan fingerprint density at radius 1 is 1.30 bits per heavy atom. The Labute approximate surface area is 125 Å². The molecule has 0 saturated carbocycles. The highest BCUT2D eigenvalue weighted by Crippen LogP contribution is 2.21. The lowest BCUT2D eigenvalue weighted by Gasteiger charge is -2.33. The van der Waals surface area contributed by atoms with Crippen LogP contribution in [0.2, 0.25) is 5.02 Å². The molecule has 0 unspecified atom stereocenters. The number of benzene rings is 1. The number of piperidine rings is 1. The van der Waals surface area contributed by atoms with Gasteiger partial charge in [0.25, 0.3) is 0 Å². The SMILES string of the molecule is CN(C)C(=O)N1CCC(COc2ccc(Cl)cc2)CC1. The third kappa shape index (κ3) is 4.04. The molecule has 0 spiro atoms. The molecule has 110 valence electrons. The van der Waals surface area contributed by atoms with Crippen LogP contribution in [-0.2, 0) is 0 Å². The molecule has 1 heterocycles. The highest BCUT2D eigenvalue weighted by atomic mass is 35.5. The fraction of sp³-hybridized carbons (Fsp3) is 0.533. The number of nitrogens with zero attached hydrogens (tertiary/aromatic N) is 2. The second-order valence-electron chi connectivity index (χ2n) is 5.37. The Bertz CT molecular complexity index is 440. The minimum absolute atomic E-state index is 0.0991. The van der Waals surface area contributed by atoms with E-state index in [-0.39, 0.29) is 6.03 Å². The Morgan fingerprint density at radius 2 is 1.90 bits per heavy atom. The highest BCUT2D eigenvalue weighted by Gasteiger charge is 2.23. The van der Waals surface area contributed by atoms with Gasteiger partial charge in [-0.2, -0.15) is 0 Å². The Morgan fingerprint density at radius 3 is 2.45 bits per heavy atom. The van der Waals surface area contributed by atoms with Gasteiger partial charge in [0.2, 0.25) is 0 Å². The molecule has 1 saturated heterocycles. The van der Waals surface area contributed by atoms with Gasteiger partial charge in [-0.1, -0.05) is 11.6 Å². The molecule has 1 fully saturated rings. The van der Waals surface area contributed by atoms with Gasteiger partial charge in [-0.05, 0) is 43.0 Å². The lowest BCUT2D eigenvalue weighted by atomic mass is 9.98. The zero-order valence-electron chi connectivity index (χ0n) is 12.0. The molecule has 2 amide bonds. The van der Waals surface area contributed by atoms with Gasteiger partial charge in [0.1, 0.15) is 5.75 Å². The summed E-state index contributed by atoms with van der Waals surface area (Å²) in [6.07, 6.45) is 1.99. The second-order valence-corrected chi connectivity index (χ2v) is 5.81. The van der Waals surface area contributed by atoms with Crippen molar-refractivity contribution in [2.24, 2.45) is 5.92 Å². The van der Waals surface area contributed by atoms with Gasteiger partial charge in [-0.25, -0.2) is 4.79 Å². The summed E-state index contributed by atoms with van der Waals surface area (Å²) in [6, 6.07) is 7.52. The van der Waals surface area contributed by atoms with Gasteiger partial charge in [0.05, 0.1) is 6.61 Å². The molecular weight excluding hydrogens is 276 g/mol. The number of hydrogen-bond acceptors (Lipinski definition) is 2. The van der Waals surface area contributed by atoms with Crippen LogP contribution >= 0.6 is 11.6 Å². The Balaban J connectivity index is 1.74. The van der Waals surface area contributed by atoms with Gasteiger partial charge in [-0.3, -0.25) is 0 Å². The molecule has 0 bridgehead atoms. The van der Waals surface area contributed by atoms with Crippen molar-refractivity contribution in [3.05, 3.63) is 29.3 Å². The van der Waals surface area contributed by atoms with Crippen molar-refractivity contribution >= 4 is 17.6 Å². The van der Waals surface area contributed by atoms with E-state index in [0.29, 0.717) is 17.5 Å². The molecule has 2 rings (SSSR count). The zero-order chi connectivity index (χ0) is 14.5. The molecule has 0 N–H and O–H groups in total. The topological polar surface area (TPSA) is 32.8 Å². The third-order valence-electron chi connectivity index (χ3n) is 3.57. The molecule has 1 aromatic carbocycles. The minimum atomic E-state index is 0.0991. The van der Waals surface area contributed by atoms with Crippen molar-refractivity contribution in [2.45, 2.75) is 12.8 Å². The van der Waals surface area contributed by atoms with Crippen LogP contribution < -0.4 is 4.74 Å². The number of carbonyl (C=O) groups excluding carboxylic acids is 1. The number of likely N-dealkylation sites (tertiary alicyclic amines) is 1. The van der Waals surface area contributed by atoms with Gasteiger partial charge in [-0.15, -0.1) is 0 Å². The Kier molecular flexibility index (Phi) is 5.12. The third-order valence-corrected chi connectivity index (χ3v) is 3.82. The lowest BCUT2D eigenvalue weighted by molar-refractivity contribution is 0.129. The molecule has 4 nitrogen and oxygen atoms in total. The summed E-state index contributed by atoms with van der Waals surface area (Å²) in [4.78, 5) is 15.4. The molecule has 1 aliphatic heterocycles. The molecule has 0 aromatic heterocycles. The average Bonchev–Trinajstić information content (AvgIpc) is 2.46. The second kappa shape index (κ2) is 6.84. The summed E-state index contributed by atoms with van der Waals surface area (Å²) in [5.74, 6) is 1.36. The predicted octanol–water partition coefficient (Wildman–Crippen LogP) is 3.11. The molecule has 5 heteroatoms. The van der Waals surface area contributed by atoms with E-state index in [0.717, 1.165) is 31.7 Å². The number of hydrogen-bond donors (Lipinski definition) is 0. The van der Waals surface area contributed by atoms with E-state index < -0.39 is 0 Å². The predicted molar refractivity (Wildman–Crippen MR) is 80.3 cm³/mol. The number of urea groups is 1. The summed E-state index contributed by atoms with van der Waals surface area (Å²) in [6.45, 7) is 2.32. The van der Waals surface area contributed by atoms with Crippen molar-refractivity contribution < 1.29 is 9.53 Å². The van der Waals surface area contributed by atoms with Crippen molar-refractivity contribution in [1.82, 2.24) is 9.80 Å². The van der Waals surface area contributed by atoms with Crippen LogP contribution in [0.15, 0.2) is 24.3 Å². The monoisotopic (exact) mass is 296 g/mol. The fourth-order valence-corrected chi connectivity index (χ4v) is 2.44. The fourth-order valence-electron chi connectivity index (χ4n) is 2.32. The lowest BCUT2D eigenvalue weighted by Crippen LogP contribution is -2.44. The minimum Gasteiger partial charge on any atom is -0.493 e. The van der Waals surface area contributed by atoms with Gasteiger partial charge < -0.3 is 14.5 Å². The first-order valence-electron chi connectivity index (χ1n) is 6.91. The first-order chi connectivity index (χ1) is 9.56. The van der Waals surface area contributed by atoms with Crippen LogP contribution in [0.4, 0.5) is 4.79 Å². The number of halogens is 1. The van der Waals surface area contributed by atoms with E-state index in [1.54, 1.807) is 19.0 Å². The maximum absolute atomic E-state index is 11.8. The molecule has 1 aromatic rings. The van der Waals surface area contributed by atoms with Gasteiger partial charge in [0.15, 0.2) is 0 Å². The smallest absolute Gasteiger partial charge is 0.319 e. The van der Waals surface area contributed by atoms with Crippen molar-refractivity contribution in [3.8, 4) is 5.75 Å². The van der Waals surface area contributed by atoms with E-state index in [2.05, 4.69) is 0 Å². The van der Waals surface area contributed by atoms with E-state index >= 15 is 0 Å². The van der Waals surface area contributed by atoms with E-state index in [9.17, 15) is 4.79 Å². The van der Waals surface area contributed by atoms with Crippen LogP contribution in [-0.4, -0.2) is 49.6 Å². The highest BCUT2D eigenvalue weighted by molar-refractivity contribution is 6.30. The molecule has 0 aliphatic carbocycles. The summed E-state index contributed by atoms with van der Waals surface area (Å²) >= 11 is 5.83.